The van der Waals surface area contributed by atoms with Gasteiger partial charge in [0.1, 0.15) is 11.6 Å². The van der Waals surface area contributed by atoms with Crippen LogP contribution in [-0.2, 0) is 0 Å². The molecule has 0 bridgehead atoms. The molecule has 2 aromatic rings. The number of anilines is 1. The Morgan fingerprint density at radius 3 is 2.42 bits per heavy atom. The van der Waals surface area contributed by atoms with Crippen molar-refractivity contribution in [3.8, 4) is 5.75 Å². The quantitative estimate of drug-likeness (QED) is 0.695. The number of ether oxygens (including phenoxy) is 1. The number of rotatable bonds is 3. The molecule has 2 aromatic carbocycles. The maximum Gasteiger partial charge on any atom is 0.193 e. The number of hydrogen-bond donors (Lipinski definition) is 1. The molecule has 19 heavy (non-hydrogen) atoms. The topological polar surface area (TPSA) is 52.3 Å². The van der Waals surface area contributed by atoms with Crippen LogP contribution < -0.4 is 10.5 Å². The van der Waals surface area contributed by atoms with E-state index in [0.717, 1.165) is 0 Å². The average Bonchev–Trinajstić information content (AvgIpc) is 2.41. The Balaban J connectivity index is 2.38. The van der Waals surface area contributed by atoms with E-state index in [-0.39, 0.29) is 11.5 Å². The highest BCUT2D eigenvalue weighted by Crippen LogP contribution is 2.27. The third-order valence-corrected chi connectivity index (χ3v) is 3.29. The first-order chi connectivity index (χ1) is 9.02. The highest BCUT2D eigenvalue weighted by molar-refractivity contribution is 9.10. The van der Waals surface area contributed by atoms with Gasteiger partial charge in [-0.3, -0.25) is 4.79 Å². The Hall–Kier alpha value is -1.88. The van der Waals surface area contributed by atoms with Gasteiger partial charge < -0.3 is 10.5 Å². The molecule has 0 radical (unpaired) electrons. The molecule has 2 rings (SSSR count). The minimum absolute atomic E-state index is 0.0431. The lowest BCUT2D eigenvalue weighted by atomic mass is 10.0. The van der Waals surface area contributed by atoms with Crippen LogP contribution in [0.15, 0.2) is 40.9 Å². The smallest absolute Gasteiger partial charge is 0.193 e. The van der Waals surface area contributed by atoms with E-state index in [1.165, 1.54) is 18.2 Å². The zero-order valence-electron chi connectivity index (χ0n) is 10.1. The molecule has 5 heteroatoms. The summed E-state index contributed by atoms with van der Waals surface area (Å²) in [6, 6.07) is 8.90. The van der Waals surface area contributed by atoms with Crippen molar-refractivity contribution < 1.29 is 13.9 Å². The Bertz CT molecular complexity index is 643. The highest BCUT2D eigenvalue weighted by Gasteiger charge is 2.12. The van der Waals surface area contributed by atoms with Crippen molar-refractivity contribution in [2.45, 2.75) is 0 Å². The molecule has 0 saturated heterocycles. The van der Waals surface area contributed by atoms with Crippen LogP contribution in [0.5, 0.6) is 5.75 Å². The second-order valence-corrected chi connectivity index (χ2v) is 4.77. The maximum atomic E-state index is 13.1. The minimum Gasteiger partial charge on any atom is -0.496 e. The van der Waals surface area contributed by atoms with E-state index in [0.29, 0.717) is 21.3 Å². The number of carbonyl (C=O) groups is 1. The van der Waals surface area contributed by atoms with Crippen LogP contribution in [0.4, 0.5) is 10.1 Å². The summed E-state index contributed by atoms with van der Waals surface area (Å²) in [7, 11) is 1.54. The summed E-state index contributed by atoms with van der Waals surface area (Å²) in [6.45, 7) is 0. The first-order valence-electron chi connectivity index (χ1n) is 5.46. The van der Waals surface area contributed by atoms with Crippen LogP contribution in [0.3, 0.4) is 0 Å². The lowest BCUT2D eigenvalue weighted by Gasteiger charge is -2.06. The van der Waals surface area contributed by atoms with Gasteiger partial charge in [0.2, 0.25) is 0 Å². The van der Waals surface area contributed by atoms with Crippen molar-refractivity contribution in [3.05, 3.63) is 57.8 Å². The van der Waals surface area contributed by atoms with E-state index in [1.807, 2.05) is 0 Å². The number of nitrogen functional groups attached to an aromatic ring is 1. The number of hydrogen-bond acceptors (Lipinski definition) is 3. The van der Waals surface area contributed by atoms with Gasteiger partial charge in [-0.25, -0.2) is 4.39 Å². The lowest BCUT2D eigenvalue weighted by Crippen LogP contribution is -2.03. The van der Waals surface area contributed by atoms with Gasteiger partial charge in [0.15, 0.2) is 5.78 Å². The first-order valence-corrected chi connectivity index (χ1v) is 6.25. The van der Waals surface area contributed by atoms with Crippen LogP contribution in [0.25, 0.3) is 0 Å². The van der Waals surface area contributed by atoms with Gasteiger partial charge in [-0.05, 0) is 52.3 Å². The summed E-state index contributed by atoms with van der Waals surface area (Å²) in [5.74, 6) is -0.127. The molecule has 0 aliphatic carbocycles. The van der Waals surface area contributed by atoms with E-state index >= 15 is 0 Å². The van der Waals surface area contributed by atoms with E-state index < -0.39 is 5.82 Å². The molecule has 0 aromatic heterocycles. The van der Waals surface area contributed by atoms with Crippen molar-refractivity contribution in [2.75, 3.05) is 12.8 Å². The molecule has 0 amide bonds. The molecular formula is C14H11BrFNO2. The standard InChI is InChI=1S/C14H11BrFNO2/c1-19-13-5-3-8(6-10(13)15)14(18)9-2-4-11(16)12(17)7-9/h2-7H,17H2,1H3. The van der Waals surface area contributed by atoms with Crippen molar-refractivity contribution in [1.29, 1.82) is 0 Å². The Morgan fingerprint density at radius 2 is 1.84 bits per heavy atom. The van der Waals surface area contributed by atoms with Crippen LogP contribution >= 0.6 is 15.9 Å². The van der Waals surface area contributed by atoms with E-state index in [2.05, 4.69) is 15.9 Å². The summed E-state index contributed by atoms with van der Waals surface area (Å²) < 4.78 is 18.8. The fourth-order valence-corrected chi connectivity index (χ4v) is 2.20. The minimum atomic E-state index is -0.535. The maximum absolute atomic E-state index is 13.1. The number of carbonyl (C=O) groups excluding carboxylic acids is 1. The molecule has 2 N–H and O–H groups in total. The molecule has 0 saturated carbocycles. The fraction of sp³-hybridized carbons (Fsp3) is 0.0714. The summed E-state index contributed by atoms with van der Waals surface area (Å²) >= 11 is 3.31. The molecule has 0 aliphatic rings. The zero-order valence-corrected chi connectivity index (χ0v) is 11.7. The number of benzene rings is 2. The third-order valence-electron chi connectivity index (χ3n) is 2.67. The number of ketones is 1. The van der Waals surface area contributed by atoms with Crippen LogP contribution in [0.2, 0.25) is 0 Å². The molecule has 0 unspecified atom stereocenters. The summed E-state index contributed by atoms with van der Waals surface area (Å²) in [5, 5.41) is 0. The van der Waals surface area contributed by atoms with Gasteiger partial charge in [0.25, 0.3) is 0 Å². The van der Waals surface area contributed by atoms with Gasteiger partial charge in [-0.15, -0.1) is 0 Å². The van der Waals surface area contributed by atoms with E-state index in [1.54, 1.807) is 25.3 Å². The molecule has 0 aliphatic heterocycles. The third kappa shape index (κ3) is 2.76. The number of nitrogens with two attached hydrogens (primary N) is 1. The van der Waals surface area contributed by atoms with Gasteiger partial charge in [-0.1, -0.05) is 0 Å². The first kappa shape index (κ1) is 13.5. The predicted octanol–water partition coefficient (Wildman–Crippen LogP) is 3.41. The highest BCUT2D eigenvalue weighted by atomic mass is 79.9. The Labute approximate surface area is 118 Å². The van der Waals surface area contributed by atoms with Crippen molar-refractivity contribution in [3.63, 3.8) is 0 Å². The Kier molecular flexibility index (Phi) is 3.85. The van der Waals surface area contributed by atoms with E-state index in [9.17, 15) is 9.18 Å². The molecule has 98 valence electrons. The second kappa shape index (κ2) is 5.40. The van der Waals surface area contributed by atoms with Gasteiger partial charge in [0.05, 0.1) is 17.3 Å². The normalized spacial score (nSPS) is 10.3. The van der Waals surface area contributed by atoms with Gasteiger partial charge >= 0.3 is 0 Å². The van der Waals surface area contributed by atoms with Crippen molar-refractivity contribution >= 4 is 27.4 Å². The SMILES string of the molecule is COc1ccc(C(=O)c2ccc(F)c(N)c2)cc1Br. The molecule has 0 heterocycles. The lowest BCUT2D eigenvalue weighted by molar-refractivity contribution is 0.103. The largest absolute Gasteiger partial charge is 0.496 e. The summed E-state index contributed by atoms with van der Waals surface area (Å²) in [5.41, 5.74) is 6.23. The van der Waals surface area contributed by atoms with Crippen molar-refractivity contribution in [1.82, 2.24) is 0 Å². The summed E-state index contributed by atoms with van der Waals surface area (Å²) in [6.07, 6.45) is 0. The molecular weight excluding hydrogens is 313 g/mol. The van der Waals surface area contributed by atoms with Gasteiger partial charge in [0, 0.05) is 11.1 Å². The Morgan fingerprint density at radius 1 is 1.21 bits per heavy atom. The molecule has 0 spiro atoms. The van der Waals surface area contributed by atoms with Gasteiger partial charge in [-0.2, -0.15) is 0 Å². The summed E-state index contributed by atoms with van der Waals surface area (Å²) in [4.78, 5) is 12.2. The van der Waals surface area contributed by atoms with Crippen molar-refractivity contribution in [2.24, 2.45) is 0 Å². The number of methoxy groups -OCH3 is 1. The molecule has 0 fully saturated rings. The van der Waals surface area contributed by atoms with Crippen LogP contribution in [0, 0.1) is 5.82 Å². The average molecular weight is 324 g/mol. The monoisotopic (exact) mass is 323 g/mol. The predicted molar refractivity (Wildman–Crippen MR) is 74.9 cm³/mol. The number of halogens is 2. The van der Waals surface area contributed by atoms with Crippen LogP contribution in [-0.4, -0.2) is 12.9 Å². The second-order valence-electron chi connectivity index (χ2n) is 3.91. The van der Waals surface area contributed by atoms with Crippen LogP contribution in [0.1, 0.15) is 15.9 Å². The molecule has 3 nitrogen and oxygen atoms in total. The molecule has 0 atom stereocenters. The fourth-order valence-electron chi connectivity index (χ4n) is 1.66. The zero-order chi connectivity index (χ0) is 14.0. The van der Waals surface area contributed by atoms with E-state index in [4.69, 9.17) is 10.5 Å².